The number of methoxy groups -OCH3 is 1. The predicted molar refractivity (Wildman–Crippen MR) is 85.2 cm³/mol. The van der Waals surface area contributed by atoms with Gasteiger partial charge in [0.2, 0.25) is 0 Å². The summed E-state index contributed by atoms with van der Waals surface area (Å²) in [6.07, 6.45) is -0.499. The van der Waals surface area contributed by atoms with Crippen LogP contribution in [0.2, 0.25) is 0 Å². The Morgan fingerprint density at radius 2 is 1.91 bits per heavy atom. The number of alkyl carbamates (subject to hydrolysis) is 1. The SMILES string of the molecule is COC(=O)c1cc(Br)cc(OCCNC(=O)OC(C)(C)C)c1. The van der Waals surface area contributed by atoms with Gasteiger partial charge in [-0.2, -0.15) is 0 Å². The van der Waals surface area contributed by atoms with E-state index < -0.39 is 17.7 Å². The molecule has 0 aliphatic carbocycles. The fourth-order valence-corrected chi connectivity index (χ4v) is 1.99. The van der Waals surface area contributed by atoms with E-state index in [0.29, 0.717) is 15.8 Å². The zero-order chi connectivity index (χ0) is 16.8. The van der Waals surface area contributed by atoms with E-state index in [0.717, 1.165) is 0 Å². The first-order valence-corrected chi connectivity index (χ1v) is 7.49. The summed E-state index contributed by atoms with van der Waals surface area (Å²) in [5.41, 5.74) is -0.156. The van der Waals surface area contributed by atoms with E-state index in [4.69, 9.17) is 9.47 Å². The standard InChI is InChI=1S/C15H20BrNO5/c1-15(2,3)22-14(19)17-5-6-21-12-8-10(13(18)20-4)7-11(16)9-12/h7-9H,5-6H2,1-4H3,(H,17,19). The highest BCUT2D eigenvalue weighted by Gasteiger charge is 2.15. The first-order valence-electron chi connectivity index (χ1n) is 6.70. The molecule has 1 rings (SSSR count). The third-order valence-corrected chi connectivity index (χ3v) is 2.79. The van der Waals surface area contributed by atoms with E-state index in [1.165, 1.54) is 7.11 Å². The summed E-state index contributed by atoms with van der Waals surface area (Å²) in [4.78, 5) is 22.9. The van der Waals surface area contributed by atoms with Crippen molar-refractivity contribution in [3.05, 3.63) is 28.2 Å². The molecule has 0 fully saturated rings. The molecule has 7 heteroatoms. The van der Waals surface area contributed by atoms with Gasteiger partial charge in [-0.25, -0.2) is 9.59 Å². The van der Waals surface area contributed by atoms with Crippen molar-refractivity contribution >= 4 is 28.0 Å². The number of carbonyl (C=O) groups is 2. The van der Waals surface area contributed by atoms with Gasteiger partial charge < -0.3 is 19.5 Å². The average Bonchev–Trinajstić information content (AvgIpc) is 2.40. The molecule has 1 N–H and O–H groups in total. The van der Waals surface area contributed by atoms with Crippen LogP contribution in [0.5, 0.6) is 5.75 Å². The minimum Gasteiger partial charge on any atom is -0.492 e. The molecule has 0 heterocycles. The number of amides is 1. The lowest BCUT2D eigenvalue weighted by Gasteiger charge is -2.19. The van der Waals surface area contributed by atoms with Crippen LogP contribution in [0, 0.1) is 0 Å². The molecule has 0 spiro atoms. The Morgan fingerprint density at radius 1 is 1.23 bits per heavy atom. The Kier molecular flexibility index (Phi) is 6.67. The van der Waals surface area contributed by atoms with Crippen LogP contribution in [0.1, 0.15) is 31.1 Å². The van der Waals surface area contributed by atoms with Crippen molar-refractivity contribution in [1.82, 2.24) is 5.32 Å². The zero-order valence-corrected chi connectivity index (χ0v) is 14.7. The number of hydrogen-bond donors (Lipinski definition) is 1. The molecule has 0 radical (unpaired) electrons. The molecule has 0 unspecified atom stereocenters. The van der Waals surface area contributed by atoms with E-state index in [2.05, 4.69) is 26.0 Å². The van der Waals surface area contributed by atoms with Gasteiger partial charge in [0.1, 0.15) is 18.0 Å². The van der Waals surface area contributed by atoms with E-state index >= 15 is 0 Å². The quantitative estimate of drug-likeness (QED) is 0.633. The molecular formula is C15H20BrNO5. The number of hydrogen-bond acceptors (Lipinski definition) is 5. The third-order valence-electron chi connectivity index (χ3n) is 2.33. The van der Waals surface area contributed by atoms with Crippen LogP contribution in [0.15, 0.2) is 22.7 Å². The summed E-state index contributed by atoms with van der Waals surface area (Å²) in [7, 11) is 1.31. The van der Waals surface area contributed by atoms with Crippen LogP contribution in [0.25, 0.3) is 0 Å². The Labute approximate surface area is 138 Å². The van der Waals surface area contributed by atoms with Crippen molar-refractivity contribution in [2.24, 2.45) is 0 Å². The Hall–Kier alpha value is -1.76. The van der Waals surface area contributed by atoms with Gasteiger partial charge in [0.05, 0.1) is 19.2 Å². The van der Waals surface area contributed by atoms with Crippen LogP contribution < -0.4 is 10.1 Å². The smallest absolute Gasteiger partial charge is 0.407 e. The fourth-order valence-electron chi connectivity index (χ4n) is 1.52. The highest BCUT2D eigenvalue weighted by atomic mass is 79.9. The van der Waals surface area contributed by atoms with Crippen LogP contribution >= 0.6 is 15.9 Å². The van der Waals surface area contributed by atoms with Crippen LogP contribution in [0.4, 0.5) is 4.79 Å². The molecule has 0 saturated carbocycles. The maximum atomic E-state index is 11.5. The van der Waals surface area contributed by atoms with Gasteiger partial charge in [0, 0.05) is 4.47 Å². The fraction of sp³-hybridized carbons (Fsp3) is 0.467. The van der Waals surface area contributed by atoms with Gasteiger partial charge >= 0.3 is 12.1 Å². The Balaban J connectivity index is 2.47. The molecule has 0 aliphatic heterocycles. The van der Waals surface area contributed by atoms with Gasteiger partial charge in [-0.1, -0.05) is 15.9 Å². The molecule has 22 heavy (non-hydrogen) atoms. The third kappa shape index (κ3) is 6.80. The molecule has 1 aromatic carbocycles. The summed E-state index contributed by atoms with van der Waals surface area (Å²) in [6, 6.07) is 4.93. The normalized spacial score (nSPS) is 10.8. The summed E-state index contributed by atoms with van der Waals surface area (Å²) in [5.74, 6) is 0.0544. The monoisotopic (exact) mass is 373 g/mol. The summed E-state index contributed by atoms with van der Waals surface area (Å²) in [5, 5.41) is 2.58. The highest BCUT2D eigenvalue weighted by molar-refractivity contribution is 9.10. The van der Waals surface area contributed by atoms with Crippen molar-refractivity contribution in [3.8, 4) is 5.75 Å². The molecule has 0 aromatic heterocycles. The number of rotatable bonds is 5. The maximum Gasteiger partial charge on any atom is 0.407 e. The summed E-state index contributed by atoms with van der Waals surface area (Å²) in [6.45, 7) is 5.90. The second-order valence-corrected chi connectivity index (χ2v) is 6.36. The van der Waals surface area contributed by atoms with Gasteiger partial charge in [0.25, 0.3) is 0 Å². The first kappa shape index (κ1) is 18.3. The van der Waals surface area contributed by atoms with Gasteiger partial charge in [-0.3, -0.25) is 0 Å². The van der Waals surface area contributed by atoms with E-state index in [-0.39, 0.29) is 13.2 Å². The number of esters is 1. The lowest BCUT2D eigenvalue weighted by Crippen LogP contribution is -2.34. The van der Waals surface area contributed by atoms with Gasteiger partial charge in [-0.05, 0) is 39.0 Å². The molecule has 0 saturated heterocycles. The Bertz CT molecular complexity index is 539. The zero-order valence-electron chi connectivity index (χ0n) is 13.1. The van der Waals surface area contributed by atoms with E-state index in [1.54, 1.807) is 39.0 Å². The number of halogens is 1. The molecule has 122 valence electrons. The van der Waals surface area contributed by atoms with Crippen LogP contribution in [-0.2, 0) is 9.47 Å². The predicted octanol–water partition coefficient (Wildman–Crippen LogP) is 3.14. The minimum absolute atomic E-state index is 0.246. The molecule has 1 aromatic rings. The van der Waals surface area contributed by atoms with Crippen molar-refractivity contribution in [1.29, 1.82) is 0 Å². The molecule has 0 bridgehead atoms. The maximum absolute atomic E-state index is 11.5. The van der Waals surface area contributed by atoms with E-state index in [1.807, 2.05) is 0 Å². The lowest BCUT2D eigenvalue weighted by atomic mass is 10.2. The molecular weight excluding hydrogens is 354 g/mol. The molecule has 0 atom stereocenters. The average molecular weight is 374 g/mol. The number of nitrogens with one attached hydrogen (secondary N) is 1. The number of carbonyl (C=O) groups excluding carboxylic acids is 2. The first-order chi connectivity index (χ1) is 10.2. The van der Waals surface area contributed by atoms with Crippen molar-refractivity contribution in [3.63, 3.8) is 0 Å². The highest BCUT2D eigenvalue weighted by Crippen LogP contribution is 2.22. The largest absolute Gasteiger partial charge is 0.492 e. The van der Waals surface area contributed by atoms with Gasteiger partial charge in [-0.15, -0.1) is 0 Å². The van der Waals surface area contributed by atoms with Crippen molar-refractivity contribution in [2.75, 3.05) is 20.3 Å². The van der Waals surface area contributed by atoms with Gasteiger partial charge in [0.15, 0.2) is 0 Å². The van der Waals surface area contributed by atoms with Crippen molar-refractivity contribution < 1.29 is 23.8 Å². The lowest BCUT2D eigenvalue weighted by molar-refractivity contribution is 0.0519. The molecule has 0 aliphatic rings. The second kappa shape index (κ2) is 8.03. The minimum atomic E-state index is -0.537. The second-order valence-electron chi connectivity index (χ2n) is 5.44. The van der Waals surface area contributed by atoms with E-state index in [9.17, 15) is 9.59 Å². The Morgan fingerprint density at radius 3 is 2.50 bits per heavy atom. The summed E-state index contributed by atoms with van der Waals surface area (Å²) >= 11 is 3.30. The summed E-state index contributed by atoms with van der Waals surface area (Å²) < 4.78 is 16.0. The van der Waals surface area contributed by atoms with Crippen molar-refractivity contribution in [2.45, 2.75) is 26.4 Å². The van der Waals surface area contributed by atoms with Crippen LogP contribution in [0.3, 0.4) is 0 Å². The number of ether oxygens (including phenoxy) is 3. The number of benzene rings is 1. The molecule has 6 nitrogen and oxygen atoms in total. The van der Waals surface area contributed by atoms with Crippen LogP contribution in [-0.4, -0.2) is 37.9 Å². The topological polar surface area (TPSA) is 73.9 Å². The molecule has 1 amide bonds.